The van der Waals surface area contributed by atoms with E-state index in [2.05, 4.69) is 5.32 Å². The minimum Gasteiger partial charge on any atom is -0.445 e. The highest BCUT2D eigenvalue weighted by Crippen LogP contribution is 2.06. The Balaban J connectivity index is 1.92. The zero-order valence-corrected chi connectivity index (χ0v) is 14.2. The molecule has 0 spiro atoms. The molecule has 6 nitrogen and oxygen atoms in total. The lowest BCUT2D eigenvalue weighted by atomic mass is 10.1. The summed E-state index contributed by atoms with van der Waals surface area (Å²) in [6.07, 6.45) is 0.807. The van der Waals surface area contributed by atoms with Crippen molar-refractivity contribution in [3.05, 3.63) is 64.9 Å². The zero-order valence-electron chi connectivity index (χ0n) is 13.4. The summed E-state index contributed by atoms with van der Waals surface area (Å²) in [5, 5.41) is 2.48. The smallest absolute Gasteiger partial charge is 0.408 e. The summed E-state index contributed by atoms with van der Waals surface area (Å²) in [5.41, 5.74) is -0.429. The van der Waals surface area contributed by atoms with Gasteiger partial charge in [-0.25, -0.2) is 9.59 Å². The average molecular weight is 346 g/mol. The second-order valence-electron chi connectivity index (χ2n) is 5.56. The molecule has 126 valence electrons. The lowest BCUT2D eigenvalue weighted by Gasteiger charge is -2.23. The predicted octanol–water partition coefficient (Wildman–Crippen LogP) is 2.88. The first-order valence-corrected chi connectivity index (χ1v) is 7.68. The molecule has 0 radical (unpaired) electrons. The molecule has 0 unspecified atom stereocenters. The molecule has 0 aliphatic heterocycles. The summed E-state index contributed by atoms with van der Waals surface area (Å²) < 4.78 is 6.61. The Morgan fingerprint density at radius 2 is 1.79 bits per heavy atom. The van der Waals surface area contributed by atoms with Gasteiger partial charge in [0.15, 0.2) is 0 Å². The van der Waals surface area contributed by atoms with Crippen LogP contribution in [-0.2, 0) is 16.1 Å². The first kappa shape index (κ1) is 17.7. The van der Waals surface area contributed by atoms with E-state index in [1.54, 1.807) is 18.2 Å². The largest absolute Gasteiger partial charge is 0.445 e. The molecule has 1 aromatic carbocycles. The highest BCUT2D eigenvalue weighted by Gasteiger charge is 2.33. The molecule has 2 aromatic rings. The maximum atomic E-state index is 12.2. The van der Waals surface area contributed by atoms with Gasteiger partial charge in [0.05, 0.1) is 0 Å². The molecule has 1 amide bonds. The Morgan fingerprint density at radius 1 is 1.12 bits per heavy atom. The van der Waals surface area contributed by atoms with Crippen LogP contribution in [0.15, 0.2) is 54.7 Å². The van der Waals surface area contributed by atoms with E-state index in [1.165, 1.54) is 20.0 Å². The Bertz CT molecular complexity index is 771. The van der Waals surface area contributed by atoms with Crippen molar-refractivity contribution >= 4 is 24.3 Å². The SMILES string of the molecule is CC(C)(NC(=O)OCc1ccccc1)C(=O)On1ccccc1=S. The lowest BCUT2D eigenvalue weighted by Crippen LogP contribution is -2.53. The molecular formula is C17H18N2O4S. The maximum Gasteiger partial charge on any atom is 0.408 e. The maximum absolute atomic E-state index is 12.2. The minimum absolute atomic E-state index is 0.113. The van der Waals surface area contributed by atoms with Crippen molar-refractivity contribution in [1.29, 1.82) is 0 Å². The van der Waals surface area contributed by atoms with Crippen LogP contribution in [0.3, 0.4) is 0 Å². The highest BCUT2D eigenvalue weighted by atomic mass is 32.1. The molecular weight excluding hydrogens is 328 g/mol. The van der Waals surface area contributed by atoms with Crippen molar-refractivity contribution in [1.82, 2.24) is 10.0 Å². The zero-order chi connectivity index (χ0) is 17.6. The van der Waals surface area contributed by atoms with E-state index >= 15 is 0 Å². The molecule has 1 N–H and O–H groups in total. The number of hydrogen-bond acceptors (Lipinski definition) is 5. The van der Waals surface area contributed by atoms with E-state index in [1.807, 2.05) is 30.3 Å². The van der Waals surface area contributed by atoms with Crippen LogP contribution in [0.2, 0.25) is 0 Å². The summed E-state index contributed by atoms with van der Waals surface area (Å²) in [6.45, 7) is 3.15. The lowest BCUT2D eigenvalue weighted by molar-refractivity contribution is -0.150. The number of rotatable bonds is 5. The first-order valence-electron chi connectivity index (χ1n) is 7.28. The van der Waals surface area contributed by atoms with Gasteiger partial charge in [0.2, 0.25) is 0 Å². The Kier molecular flexibility index (Phi) is 5.70. The van der Waals surface area contributed by atoms with E-state index in [-0.39, 0.29) is 6.61 Å². The monoisotopic (exact) mass is 346 g/mol. The Hall–Kier alpha value is -2.67. The van der Waals surface area contributed by atoms with Crippen LogP contribution >= 0.6 is 12.2 Å². The van der Waals surface area contributed by atoms with Crippen molar-refractivity contribution in [2.24, 2.45) is 0 Å². The summed E-state index contributed by atoms with van der Waals surface area (Å²) in [7, 11) is 0. The van der Waals surface area contributed by atoms with Gasteiger partial charge in [-0.1, -0.05) is 48.6 Å². The third-order valence-corrected chi connectivity index (χ3v) is 3.42. The fourth-order valence-electron chi connectivity index (χ4n) is 1.76. The number of carbonyl (C=O) groups excluding carboxylic acids is 2. The number of nitrogens with one attached hydrogen (secondary N) is 1. The number of amides is 1. The highest BCUT2D eigenvalue weighted by molar-refractivity contribution is 7.71. The molecule has 0 aliphatic rings. The predicted molar refractivity (Wildman–Crippen MR) is 90.7 cm³/mol. The van der Waals surface area contributed by atoms with Gasteiger partial charge in [0.25, 0.3) is 0 Å². The summed E-state index contributed by atoms with van der Waals surface area (Å²) in [6, 6.07) is 14.3. The average Bonchev–Trinajstić information content (AvgIpc) is 2.55. The van der Waals surface area contributed by atoms with Gasteiger partial charge in [0, 0.05) is 6.20 Å². The second-order valence-corrected chi connectivity index (χ2v) is 5.97. The molecule has 0 atom stereocenters. The van der Waals surface area contributed by atoms with Crippen LogP contribution in [0.25, 0.3) is 0 Å². The second kappa shape index (κ2) is 7.74. The number of benzene rings is 1. The van der Waals surface area contributed by atoms with Crippen molar-refractivity contribution in [3.63, 3.8) is 0 Å². The van der Waals surface area contributed by atoms with Gasteiger partial charge in [-0.05, 0) is 31.5 Å². The van der Waals surface area contributed by atoms with E-state index in [0.717, 1.165) is 10.3 Å². The first-order chi connectivity index (χ1) is 11.4. The van der Waals surface area contributed by atoms with Gasteiger partial charge in [0.1, 0.15) is 16.8 Å². The third-order valence-electron chi connectivity index (χ3n) is 3.11. The minimum atomic E-state index is -1.28. The molecule has 0 bridgehead atoms. The van der Waals surface area contributed by atoms with E-state index < -0.39 is 17.6 Å². The fraction of sp³-hybridized carbons (Fsp3) is 0.235. The third kappa shape index (κ3) is 4.92. The van der Waals surface area contributed by atoms with Crippen LogP contribution in [0.5, 0.6) is 0 Å². The van der Waals surface area contributed by atoms with Crippen LogP contribution in [0.1, 0.15) is 19.4 Å². The normalized spacial score (nSPS) is 10.8. The summed E-state index contributed by atoms with van der Waals surface area (Å²) >= 11 is 5.05. The molecule has 0 aliphatic carbocycles. The van der Waals surface area contributed by atoms with Gasteiger partial charge in [-0.2, -0.15) is 4.73 Å². The number of carbonyl (C=O) groups is 2. The van der Waals surface area contributed by atoms with Crippen molar-refractivity contribution in [3.8, 4) is 0 Å². The number of aromatic nitrogens is 1. The van der Waals surface area contributed by atoms with Gasteiger partial charge in [-0.15, -0.1) is 0 Å². The number of hydrogen-bond donors (Lipinski definition) is 1. The molecule has 0 fully saturated rings. The van der Waals surface area contributed by atoms with Crippen LogP contribution < -0.4 is 10.2 Å². The van der Waals surface area contributed by atoms with Gasteiger partial charge < -0.3 is 14.9 Å². The molecule has 7 heteroatoms. The molecule has 1 heterocycles. The molecule has 24 heavy (non-hydrogen) atoms. The van der Waals surface area contributed by atoms with Crippen molar-refractivity contribution in [2.75, 3.05) is 0 Å². The number of pyridine rings is 1. The van der Waals surface area contributed by atoms with Crippen LogP contribution in [-0.4, -0.2) is 22.3 Å². The van der Waals surface area contributed by atoms with E-state index in [4.69, 9.17) is 21.8 Å². The molecule has 1 aromatic heterocycles. The van der Waals surface area contributed by atoms with E-state index in [9.17, 15) is 9.59 Å². The number of nitrogens with zero attached hydrogens (tertiary/aromatic N) is 1. The van der Waals surface area contributed by atoms with Crippen molar-refractivity contribution < 1.29 is 19.2 Å². The topological polar surface area (TPSA) is 69.6 Å². The molecule has 2 rings (SSSR count). The number of alkyl carbamates (subject to hydrolysis) is 1. The Labute approximate surface area is 145 Å². The van der Waals surface area contributed by atoms with Gasteiger partial charge >= 0.3 is 12.1 Å². The Morgan fingerprint density at radius 3 is 2.46 bits per heavy atom. The van der Waals surface area contributed by atoms with E-state index in [0.29, 0.717) is 4.64 Å². The fourth-order valence-corrected chi connectivity index (χ4v) is 1.93. The molecule has 0 saturated heterocycles. The van der Waals surface area contributed by atoms with Crippen LogP contribution in [0.4, 0.5) is 4.79 Å². The quantitative estimate of drug-likeness (QED) is 0.843. The number of ether oxygens (including phenoxy) is 1. The standard InChI is InChI=1S/C17H18N2O4S/c1-17(2,15(20)23-19-11-7-6-10-14(19)24)18-16(21)22-12-13-8-4-3-5-9-13/h3-11H,12H2,1-2H3,(H,18,21). The van der Waals surface area contributed by atoms with Gasteiger partial charge in [-0.3, -0.25) is 0 Å². The van der Waals surface area contributed by atoms with Crippen LogP contribution in [0, 0.1) is 4.64 Å². The van der Waals surface area contributed by atoms with Crippen molar-refractivity contribution in [2.45, 2.75) is 26.0 Å². The molecule has 0 saturated carbocycles. The summed E-state index contributed by atoms with van der Waals surface area (Å²) in [5.74, 6) is -0.665. The summed E-state index contributed by atoms with van der Waals surface area (Å²) in [4.78, 5) is 29.3.